The number of hydrogen-bond donors (Lipinski definition) is 0. The molecule has 0 bridgehead atoms. The number of ether oxygens (including phenoxy) is 1. The highest BCUT2D eigenvalue weighted by Gasteiger charge is 2.31. The van der Waals surface area contributed by atoms with Gasteiger partial charge in [-0.15, -0.1) is 0 Å². The number of alkyl halides is 3. The lowest BCUT2D eigenvalue weighted by atomic mass is 10.1. The molecule has 0 unspecified atom stereocenters. The van der Waals surface area contributed by atoms with Crippen LogP contribution in [0.3, 0.4) is 0 Å². The molecule has 9 heteroatoms. The second kappa shape index (κ2) is 7.17. The summed E-state index contributed by atoms with van der Waals surface area (Å²) in [6, 6.07) is 10.7. The smallest absolute Gasteiger partial charge is 0.416 e. The molecule has 2 aromatic carbocycles. The van der Waals surface area contributed by atoms with Gasteiger partial charge in [0, 0.05) is 10.6 Å². The molecule has 0 aliphatic heterocycles. The molecular weight excluding hydrogens is 373 g/mol. The second-order valence-corrected chi connectivity index (χ2v) is 5.61. The molecular formula is C17H10ClF3N2O3. The van der Waals surface area contributed by atoms with Crippen LogP contribution in [0.1, 0.15) is 21.8 Å². The topological polar surface area (TPSA) is 65.2 Å². The van der Waals surface area contributed by atoms with Crippen molar-refractivity contribution in [3.05, 3.63) is 70.6 Å². The number of aromatic nitrogens is 2. The van der Waals surface area contributed by atoms with Crippen molar-refractivity contribution in [2.24, 2.45) is 0 Å². The van der Waals surface area contributed by atoms with Crippen LogP contribution in [-0.4, -0.2) is 16.1 Å². The van der Waals surface area contributed by atoms with Crippen molar-refractivity contribution in [1.82, 2.24) is 10.1 Å². The highest BCUT2D eigenvalue weighted by atomic mass is 35.5. The number of carbonyl (C=O) groups excluding carboxylic acids is 1. The van der Waals surface area contributed by atoms with Gasteiger partial charge in [0.25, 0.3) is 5.89 Å². The van der Waals surface area contributed by atoms with Crippen molar-refractivity contribution in [1.29, 1.82) is 0 Å². The van der Waals surface area contributed by atoms with Crippen LogP contribution in [0.5, 0.6) is 0 Å². The lowest BCUT2D eigenvalue weighted by Crippen LogP contribution is -2.09. The number of carbonyl (C=O) groups is 1. The first-order valence-corrected chi connectivity index (χ1v) is 7.63. The lowest BCUT2D eigenvalue weighted by Gasteiger charge is -2.08. The van der Waals surface area contributed by atoms with E-state index in [1.54, 1.807) is 24.3 Å². The number of nitrogens with zero attached hydrogens (tertiary/aromatic N) is 2. The van der Waals surface area contributed by atoms with Crippen molar-refractivity contribution in [2.75, 3.05) is 0 Å². The molecule has 0 aliphatic rings. The van der Waals surface area contributed by atoms with Crippen LogP contribution < -0.4 is 0 Å². The Balaban J connectivity index is 1.67. The largest absolute Gasteiger partial charge is 0.452 e. The van der Waals surface area contributed by atoms with E-state index >= 15 is 0 Å². The summed E-state index contributed by atoms with van der Waals surface area (Å²) in [5, 5.41) is 4.23. The maximum absolute atomic E-state index is 12.7. The molecule has 1 aromatic heterocycles. The minimum atomic E-state index is -4.55. The molecule has 26 heavy (non-hydrogen) atoms. The fourth-order valence-electron chi connectivity index (χ4n) is 2.09. The van der Waals surface area contributed by atoms with Gasteiger partial charge in [-0.1, -0.05) is 35.0 Å². The van der Waals surface area contributed by atoms with Gasteiger partial charge in [0.05, 0.1) is 11.1 Å². The Bertz CT molecular complexity index is 941. The van der Waals surface area contributed by atoms with Crippen LogP contribution in [0.4, 0.5) is 13.2 Å². The summed E-state index contributed by atoms with van der Waals surface area (Å²) < 4.78 is 47.9. The summed E-state index contributed by atoms with van der Waals surface area (Å²) in [4.78, 5) is 16.0. The number of esters is 1. The molecule has 3 aromatic rings. The molecule has 1 heterocycles. The van der Waals surface area contributed by atoms with Gasteiger partial charge in [0.1, 0.15) is 0 Å². The third kappa shape index (κ3) is 4.20. The molecule has 0 aliphatic carbocycles. The van der Waals surface area contributed by atoms with Gasteiger partial charge >= 0.3 is 12.1 Å². The van der Waals surface area contributed by atoms with Gasteiger partial charge in [0.2, 0.25) is 5.82 Å². The van der Waals surface area contributed by atoms with Crippen LogP contribution in [0.15, 0.2) is 53.1 Å². The normalized spacial score (nSPS) is 11.4. The average molecular weight is 383 g/mol. The molecule has 0 atom stereocenters. The zero-order chi connectivity index (χ0) is 18.7. The van der Waals surface area contributed by atoms with Crippen LogP contribution >= 0.6 is 11.6 Å². The molecule has 0 radical (unpaired) electrons. The minimum Gasteiger partial charge on any atom is -0.452 e. The summed E-state index contributed by atoms with van der Waals surface area (Å²) in [6.07, 6.45) is -4.55. The Kier molecular flexibility index (Phi) is 4.94. The van der Waals surface area contributed by atoms with E-state index in [9.17, 15) is 18.0 Å². The van der Waals surface area contributed by atoms with Gasteiger partial charge in [-0.2, -0.15) is 18.2 Å². The Morgan fingerprint density at radius 1 is 1.15 bits per heavy atom. The van der Waals surface area contributed by atoms with Crippen molar-refractivity contribution in [3.8, 4) is 11.4 Å². The molecule has 0 saturated heterocycles. The Morgan fingerprint density at radius 2 is 1.92 bits per heavy atom. The van der Waals surface area contributed by atoms with Gasteiger partial charge < -0.3 is 9.26 Å². The van der Waals surface area contributed by atoms with Crippen LogP contribution in [0.25, 0.3) is 11.4 Å². The van der Waals surface area contributed by atoms with Crippen LogP contribution in [0.2, 0.25) is 5.02 Å². The minimum absolute atomic E-state index is 0.000279. The van der Waals surface area contributed by atoms with E-state index in [1.165, 1.54) is 6.07 Å². The predicted molar refractivity (Wildman–Crippen MR) is 85.3 cm³/mol. The van der Waals surface area contributed by atoms with Crippen molar-refractivity contribution in [3.63, 3.8) is 0 Å². The highest BCUT2D eigenvalue weighted by molar-refractivity contribution is 6.30. The number of hydrogen-bond acceptors (Lipinski definition) is 5. The van der Waals surface area contributed by atoms with Crippen LogP contribution in [0, 0.1) is 0 Å². The summed E-state index contributed by atoms with van der Waals surface area (Å²) in [7, 11) is 0. The molecule has 134 valence electrons. The fraction of sp³-hybridized carbons (Fsp3) is 0.118. The third-order valence-corrected chi connectivity index (χ3v) is 3.54. The Morgan fingerprint density at radius 3 is 2.65 bits per heavy atom. The summed E-state index contributed by atoms with van der Waals surface area (Å²) in [5.74, 6) is -0.684. The van der Waals surface area contributed by atoms with E-state index in [0.29, 0.717) is 16.7 Å². The van der Waals surface area contributed by atoms with Gasteiger partial charge in [0.15, 0.2) is 6.61 Å². The summed E-state index contributed by atoms with van der Waals surface area (Å²) >= 11 is 5.88. The first-order chi connectivity index (χ1) is 12.3. The van der Waals surface area contributed by atoms with Crippen LogP contribution in [-0.2, 0) is 17.5 Å². The third-order valence-electron chi connectivity index (χ3n) is 3.30. The molecule has 3 rings (SSSR count). The quantitative estimate of drug-likeness (QED) is 0.608. The molecule has 0 saturated carbocycles. The highest BCUT2D eigenvalue weighted by Crippen LogP contribution is 2.29. The molecule has 0 N–H and O–H groups in total. The maximum atomic E-state index is 12.7. The molecule has 0 spiro atoms. The zero-order valence-electron chi connectivity index (χ0n) is 13.0. The standard InChI is InChI=1S/C17H10ClF3N2O3/c18-13-6-2-3-10(8-13)15-22-14(26-23-15)9-25-16(24)11-4-1-5-12(7-11)17(19,20)21/h1-8H,9H2. The fourth-order valence-corrected chi connectivity index (χ4v) is 2.28. The van der Waals surface area contributed by atoms with Gasteiger partial charge in [-0.25, -0.2) is 4.79 Å². The number of halogens is 4. The van der Waals surface area contributed by atoms with E-state index < -0.39 is 17.7 Å². The Hall–Kier alpha value is -2.87. The maximum Gasteiger partial charge on any atom is 0.416 e. The molecule has 5 nitrogen and oxygen atoms in total. The van der Waals surface area contributed by atoms with Crippen molar-refractivity contribution >= 4 is 17.6 Å². The van der Waals surface area contributed by atoms with E-state index in [4.69, 9.17) is 20.9 Å². The van der Waals surface area contributed by atoms with Crippen molar-refractivity contribution < 1.29 is 27.2 Å². The molecule has 0 amide bonds. The summed E-state index contributed by atoms with van der Waals surface area (Å²) in [6.45, 7) is -0.372. The van der Waals surface area contributed by atoms with E-state index in [1.807, 2.05) is 0 Å². The predicted octanol–water partition coefficient (Wildman–Crippen LogP) is 4.77. The second-order valence-electron chi connectivity index (χ2n) is 5.18. The Labute approximate surface area is 150 Å². The molecule has 0 fully saturated rings. The first kappa shape index (κ1) is 17.9. The lowest BCUT2D eigenvalue weighted by molar-refractivity contribution is -0.137. The van der Waals surface area contributed by atoms with E-state index in [2.05, 4.69) is 10.1 Å². The SMILES string of the molecule is O=C(OCc1nc(-c2cccc(Cl)c2)no1)c1cccc(C(F)(F)F)c1. The number of benzene rings is 2. The monoisotopic (exact) mass is 382 g/mol. The van der Waals surface area contributed by atoms with Crippen molar-refractivity contribution in [2.45, 2.75) is 12.8 Å². The van der Waals surface area contributed by atoms with E-state index in [-0.39, 0.29) is 23.9 Å². The zero-order valence-corrected chi connectivity index (χ0v) is 13.7. The van der Waals surface area contributed by atoms with Gasteiger partial charge in [-0.05, 0) is 30.3 Å². The summed E-state index contributed by atoms with van der Waals surface area (Å²) in [5.41, 5.74) is -0.556. The first-order valence-electron chi connectivity index (χ1n) is 7.26. The van der Waals surface area contributed by atoms with E-state index in [0.717, 1.165) is 12.1 Å². The number of rotatable bonds is 4. The average Bonchev–Trinajstić information content (AvgIpc) is 3.08. The van der Waals surface area contributed by atoms with Gasteiger partial charge in [-0.3, -0.25) is 0 Å².